The highest BCUT2D eigenvalue weighted by Gasteiger charge is 2.60. The standard InChI is InChI=1S/C24H35F2N3S/c1-15(2)29-21(11-20(27-29)16-3-5-24(25,26)6-4-16)22-18-9-17(10-19(18)22)28-8-7-23(12-28)13-30-14-23/h11,15-19,22H,3-10,12-14H2,1-2H3. The molecule has 1 aromatic heterocycles. The number of aromatic nitrogens is 2. The van der Waals surface area contributed by atoms with Gasteiger partial charge in [-0.05, 0) is 70.4 Å². The summed E-state index contributed by atoms with van der Waals surface area (Å²) in [6.07, 6.45) is 5.33. The Morgan fingerprint density at radius 3 is 2.37 bits per heavy atom. The third-order valence-corrected chi connectivity index (χ3v) is 10.6. The molecule has 1 aromatic rings. The maximum Gasteiger partial charge on any atom is 0.248 e. The van der Waals surface area contributed by atoms with Gasteiger partial charge in [-0.1, -0.05) is 0 Å². The molecule has 5 aliphatic rings. The number of nitrogens with zero attached hydrogens (tertiary/aromatic N) is 3. The Balaban J connectivity index is 1.13. The van der Waals surface area contributed by atoms with Crippen LogP contribution in [0.4, 0.5) is 8.78 Å². The minimum absolute atomic E-state index is 0.0216. The molecule has 0 radical (unpaired) electrons. The molecular formula is C24H35F2N3S. The average Bonchev–Trinajstić information content (AvgIpc) is 3.14. The van der Waals surface area contributed by atoms with Gasteiger partial charge in [0.1, 0.15) is 0 Å². The lowest BCUT2D eigenvalue weighted by Gasteiger charge is -2.38. The lowest BCUT2D eigenvalue weighted by atomic mass is 9.84. The predicted octanol–water partition coefficient (Wildman–Crippen LogP) is 5.69. The summed E-state index contributed by atoms with van der Waals surface area (Å²) in [6.45, 7) is 7.07. The van der Waals surface area contributed by atoms with Crippen molar-refractivity contribution in [2.24, 2.45) is 17.3 Å². The zero-order valence-electron chi connectivity index (χ0n) is 18.3. The van der Waals surface area contributed by atoms with Crippen molar-refractivity contribution < 1.29 is 8.78 Å². The van der Waals surface area contributed by atoms with E-state index in [1.807, 2.05) is 0 Å². The lowest BCUT2D eigenvalue weighted by molar-refractivity contribution is -0.0385. The van der Waals surface area contributed by atoms with Gasteiger partial charge in [0.15, 0.2) is 0 Å². The van der Waals surface area contributed by atoms with Gasteiger partial charge in [-0.3, -0.25) is 9.58 Å². The average molecular weight is 436 g/mol. The molecule has 0 amide bonds. The Kier molecular flexibility index (Phi) is 4.63. The van der Waals surface area contributed by atoms with Crippen LogP contribution in [-0.2, 0) is 0 Å². The molecule has 2 saturated heterocycles. The van der Waals surface area contributed by atoms with Gasteiger partial charge in [-0.15, -0.1) is 0 Å². The van der Waals surface area contributed by atoms with Crippen LogP contribution in [0.25, 0.3) is 0 Å². The SMILES string of the molecule is CC(C)n1nc(C2CCC(F)(F)CC2)cc1C1C2CC(N3CCC4(CSC4)C3)CC21. The van der Waals surface area contributed by atoms with Crippen LogP contribution < -0.4 is 0 Å². The molecule has 3 aliphatic carbocycles. The number of alkyl halides is 2. The second-order valence-electron chi connectivity index (χ2n) is 11.4. The monoisotopic (exact) mass is 435 g/mol. The van der Waals surface area contributed by atoms with Gasteiger partial charge in [0.25, 0.3) is 0 Å². The third kappa shape index (κ3) is 3.27. The molecule has 3 saturated carbocycles. The van der Waals surface area contributed by atoms with E-state index < -0.39 is 5.92 Å². The van der Waals surface area contributed by atoms with Gasteiger partial charge in [-0.25, -0.2) is 8.78 Å². The van der Waals surface area contributed by atoms with Gasteiger partial charge in [0.2, 0.25) is 5.92 Å². The molecule has 3 heterocycles. The zero-order chi connectivity index (χ0) is 20.7. The van der Waals surface area contributed by atoms with Crippen molar-refractivity contribution in [2.75, 3.05) is 24.6 Å². The fraction of sp³-hybridized carbons (Fsp3) is 0.875. The Morgan fingerprint density at radius 1 is 1.10 bits per heavy atom. The topological polar surface area (TPSA) is 21.1 Å². The summed E-state index contributed by atoms with van der Waals surface area (Å²) in [5.74, 6) is 2.82. The van der Waals surface area contributed by atoms with Crippen molar-refractivity contribution in [1.29, 1.82) is 0 Å². The molecule has 2 aliphatic heterocycles. The van der Waals surface area contributed by atoms with Crippen molar-refractivity contribution in [3.8, 4) is 0 Å². The maximum atomic E-state index is 13.6. The molecule has 2 unspecified atom stereocenters. The van der Waals surface area contributed by atoms with Crippen molar-refractivity contribution in [3.63, 3.8) is 0 Å². The van der Waals surface area contributed by atoms with E-state index >= 15 is 0 Å². The number of thioether (sulfide) groups is 1. The molecule has 0 bridgehead atoms. The summed E-state index contributed by atoms with van der Waals surface area (Å²) in [5.41, 5.74) is 3.15. The third-order valence-electron chi connectivity index (χ3n) is 8.97. The second kappa shape index (κ2) is 6.94. The Labute approximate surface area is 183 Å². The summed E-state index contributed by atoms with van der Waals surface area (Å²) in [5, 5.41) is 4.96. The van der Waals surface area contributed by atoms with Crippen LogP contribution in [0.15, 0.2) is 6.07 Å². The molecule has 0 N–H and O–H groups in total. The second-order valence-corrected chi connectivity index (χ2v) is 12.3. The number of hydrogen-bond acceptors (Lipinski definition) is 3. The van der Waals surface area contributed by atoms with Crippen molar-refractivity contribution >= 4 is 11.8 Å². The molecule has 1 spiro atoms. The number of hydrogen-bond donors (Lipinski definition) is 0. The van der Waals surface area contributed by atoms with E-state index in [-0.39, 0.29) is 18.8 Å². The van der Waals surface area contributed by atoms with Gasteiger partial charge in [0, 0.05) is 65.9 Å². The number of likely N-dealkylation sites (tertiary alicyclic amines) is 1. The predicted molar refractivity (Wildman–Crippen MR) is 117 cm³/mol. The van der Waals surface area contributed by atoms with Crippen molar-refractivity contribution in [1.82, 2.24) is 14.7 Å². The molecule has 2 atom stereocenters. The van der Waals surface area contributed by atoms with Crippen LogP contribution in [0.5, 0.6) is 0 Å². The van der Waals surface area contributed by atoms with Crippen LogP contribution in [0.2, 0.25) is 0 Å². The molecule has 5 fully saturated rings. The largest absolute Gasteiger partial charge is 0.300 e. The van der Waals surface area contributed by atoms with E-state index in [4.69, 9.17) is 5.10 Å². The van der Waals surface area contributed by atoms with E-state index in [0.29, 0.717) is 30.2 Å². The summed E-state index contributed by atoms with van der Waals surface area (Å²) in [7, 11) is 0. The maximum absolute atomic E-state index is 13.6. The van der Waals surface area contributed by atoms with E-state index in [2.05, 4.69) is 41.3 Å². The van der Waals surface area contributed by atoms with E-state index in [1.165, 1.54) is 49.6 Å². The summed E-state index contributed by atoms with van der Waals surface area (Å²) in [4.78, 5) is 2.82. The highest BCUT2D eigenvalue weighted by Crippen LogP contribution is 2.65. The first-order valence-corrected chi connectivity index (χ1v) is 13.3. The fourth-order valence-electron chi connectivity index (χ4n) is 7.08. The smallest absolute Gasteiger partial charge is 0.248 e. The van der Waals surface area contributed by atoms with Gasteiger partial charge in [0.05, 0.1) is 5.69 Å². The molecular weight excluding hydrogens is 400 g/mol. The Morgan fingerprint density at radius 2 is 1.80 bits per heavy atom. The van der Waals surface area contributed by atoms with Crippen LogP contribution in [0, 0.1) is 17.3 Å². The van der Waals surface area contributed by atoms with Gasteiger partial charge < -0.3 is 0 Å². The van der Waals surface area contributed by atoms with Crippen LogP contribution in [0.3, 0.4) is 0 Å². The number of fused-ring (bicyclic) bond motifs is 1. The minimum atomic E-state index is -2.46. The van der Waals surface area contributed by atoms with Crippen LogP contribution >= 0.6 is 11.8 Å². The van der Waals surface area contributed by atoms with Crippen LogP contribution in [0.1, 0.15) is 88.1 Å². The summed E-state index contributed by atoms with van der Waals surface area (Å²) >= 11 is 2.12. The first kappa shape index (κ1) is 20.0. The molecule has 6 rings (SSSR count). The summed E-state index contributed by atoms with van der Waals surface area (Å²) in [6, 6.07) is 3.45. The number of halogens is 2. The van der Waals surface area contributed by atoms with E-state index in [1.54, 1.807) is 0 Å². The molecule has 0 aromatic carbocycles. The van der Waals surface area contributed by atoms with E-state index in [9.17, 15) is 8.78 Å². The Hall–Kier alpha value is -0.620. The first-order chi connectivity index (χ1) is 14.3. The normalized spacial score (nSPS) is 37.6. The van der Waals surface area contributed by atoms with E-state index in [0.717, 1.165) is 23.6 Å². The van der Waals surface area contributed by atoms with Gasteiger partial charge in [-0.2, -0.15) is 16.9 Å². The van der Waals surface area contributed by atoms with Crippen molar-refractivity contribution in [2.45, 2.75) is 88.6 Å². The minimum Gasteiger partial charge on any atom is -0.300 e. The lowest BCUT2D eigenvalue weighted by Crippen LogP contribution is -2.41. The zero-order valence-corrected chi connectivity index (χ0v) is 19.1. The van der Waals surface area contributed by atoms with Gasteiger partial charge >= 0.3 is 0 Å². The van der Waals surface area contributed by atoms with Crippen molar-refractivity contribution in [3.05, 3.63) is 17.5 Å². The fourth-order valence-corrected chi connectivity index (χ4v) is 8.34. The quantitative estimate of drug-likeness (QED) is 0.606. The van der Waals surface area contributed by atoms with Crippen LogP contribution in [-0.4, -0.2) is 51.2 Å². The first-order valence-electron chi connectivity index (χ1n) is 12.1. The molecule has 30 heavy (non-hydrogen) atoms. The summed E-state index contributed by atoms with van der Waals surface area (Å²) < 4.78 is 29.5. The Bertz CT molecular complexity index is 795. The molecule has 3 nitrogen and oxygen atoms in total. The molecule has 6 heteroatoms. The highest BCUT2D eigenvalue weighted by atomic mass is 32.2. The highest BCUT2D eigenvalue weighted by molar-refractivity contribution is 8.00. The molecule has 166 valence electrons. The number of rotatable bonds is 4.